The fourth-order valence-electron chi connectivity index (χ4n) is 3.36. The molecule has 1 N–H and O–H groups in total. The average molecular weight is 404 g/mol. The van der Waals surface area contributed by atoms with Gasteiger partial charge in [-0.3, -0.25) is 9.97 Å². The Hall–Kier alpha value is -2.36. The molecule has 1 saturated heterocycles. The minimum absolute atomic E-state index is 0.124. The lowest BCUT2D eigenvalue weighted by Gasteiger charge is -2.32. The van der Waals surface area contributed by atoms with E-state index in [0.717, 1.165) is 24.8 Å². The molecule has 1 aliphatic rings. The van der Waals surface area contributed by atoms with Gasteiger partial charge in [-0.15, -0.1) is 0 Å². The third-order valence-electron chi connectivity index (χ3n) is 4.99. The van der Waals surface area contributed by atoms with Crippen molar-refractivity contribution in [2.75, 3.05) is 27.2 Å². The van der Waals surface area contributed by atoms with E-state index in [1.807, 2.05) is 12.1 Å². The van der Waals surface area contributed by atoms with Gasteiger partial charge in [-0.25, -0.2) is 4.79 Å². The molecule has 0 aromatic carbocycles. The summed E-state index contributed by atoms with van der Waals surface area (Å²) in [6.07, 6.45) is 7.07. The molecule has 0 amide bonds. The minimum atomic E-state index is -3.35. The summed E-state index contributed by atoms with van der Waals surface area (Å²) in [4.78, 5) is 19.5. The molecule has 0 saturated carbocycles. The van der Waals surface area contributed by atoms with Crippen LogP contribution in [0.15, 0.2) is 36.8 Å². The van der Waals surface area contributed by atoms with Crippen LogP contribution in [0.25, 0.3) is 11.3 Å². The van der Waals surface area contributed by atoms with Gasteiger partial charge in [0, 0.05) is 51.3 Å². The molecule has 2 aromatic rings. The largest absolute Gasteiger partial charge is 0.478 e. The lowest BCUT2D eigenvalue weighted by atomic mass is 9.91. The topological polar surface area (TPSA) is 104 Å². The third-order valence-corrected chi connectivity index (χ3v) is 6.93. The molecule has 0 bridgehead atoms. The molecule has 3 rings (SSSR count). The monoisotopic (exact) mass is 404 g/mol. The summed E-state index contributed by atoms with van der Waals surface area (Å²) in [6.45, 7) is 1.04. The van der Waals surface area contributed by atoms with Gasteiger partial charge in [0.05, 0.1) is 11.3 Å². The van der Waals surface area contributed by atoms with Gasteiger partial charge in [0.15, 0.2) is 0 Å². The van der Waals surface area contributed by atoms with Gasteiger partial charge in [-0.05, 0) is 48.9 Å². The summed E-state index contributed by atoms with van der Waals surface area (Å²) >= 11 is 0. The Bertz CT molecular complexity index is 954. The van der Waals surface area contributed by atoms with Crippen LogP contribution in [0.4, 0.5) is 0 Å². The van der Waals surface area contributed by atoms with Gasteiger partial charge in [-0.1, -0.05) is 0 Å². The summed E-state index contributed by atoms with van der Waals surface area (Å²) in [5, 5.41) is 9.13. The number of pyridine rings is 2. The second kappa shape index (κ2) is 8.34. The molecule has 3 heterocycles. The van der Waals surface area contributed by atoms with E-state index in [0.29, 0.717) is 30.3 Å². The Kier molecular flexibility index (Phi) is 6.07. The highest BCUT2D eigenvalue weighted by Gasteiger charge is 2.29. The van der Waals surface area contributed by atoms with Crippen molar-refractivity contribution in [2.45, 2.75) is 19.3 Å². The van der Waals surface area contributed by atoms with Gasteiger partial charge < -0.3 is 5.11 Å². The van der Waals surface area contributed by atoms with E-state index in [-0.39, 0.29) is 5.56 Å². The summed E-state index contributed by atoms with van der Waals surface area (Å²) in [6, 6.07) is 5.46. The normalized spacial score (nSPS) is 16.4. The number of piperidine rings is 1. The van der Waals surface area contributed by atoms with Crippen LogP contribution in [0, 0.1) is 5.92 Å². The number of carbonyl (C=O) groups is 1. The molecule has 0 spiro atoms. The predicted molar refractivity (Wildman–Crippen MR) is 105 cm³/mol. The van der Waals surface area contributed by atoms with Crippen LogP contribution in [0.1, 0.15) is 28.8 Å². The average Bonchev–Trinajstić information content (AvgIpc) is 2.68. The molecule has 0 radical (unpaired) electrons. The van der Waals surface area contributed by atoms with E-state index >= 15 is 0 Å². The third kappa shape index (κ3) is 4.54. The van der Waals surface area contributed by atoms with Crippen molar-refractivity contribution in [3.8, 4) is 11.3 Å². The zero-order valence-electron chi connectivity index (χ0n) is 15.9. The van der Waals surface area contributed by atoms with E-state index in [1.165, 1.54) is 14.8 Å². The lowest BCUT2D eigenvalue weighted by Crippen LogP contribution is -2.44. The van der Waals surface area contributed by atoms with E-state index in [9.17, 15) is 13.2 Å². The Morgan fingerprint density at radius 1 is 1.25 bits per heavy atom. The summed E-state index contributed by atoms with van der Waals surface area (Å²) < 4.78 is 27.2. The second-order valence-corrected chi connectivity index (χ2v) is 9.30. The smallest absolute Gasteiger partial charge is 0.337 e. The number of rotatable bonds is 6. The molecule has 8 nitrogen and oxygen atoms in total. The molecule has 9 heteroatoms. The number of hydrogen-bond donors (Lipinski definition) is 1. The molecule has 150 valence electrons. The maximum Gasteiger partial charge on any atom is 0.337 e. The summed E-state index contributed by atoms with van der Waals surface area (Å²) in [7, 11) is -0.249. The second-order valence-electron chi connectivity index (χ2n) is 7.15. The highest BCUT2D eigenvalue weighted by Crippen LogP contribution is 2.25. The summed E-state index contributed by atoms with van der Waals surface area (Å²) in [5.74, 6) is -0.628. The van der Waals surface area contributed by atoms with E-state index in [2.05, 4.69) is 9.97 Å². The Morgan fingerprint density at radius 3 is 2.61 bits per heavy atom. The Morgan fingerprint density at radius 2 is 1.96 bits per heavy atom. The minimum Gasteiger partial charge on any atom is -0.478 e. The first-order chi connectivity index (χ1) is 13.3. The maximum atomic E-state index is 12.2. The van der Waals surface area contributed by atoms with Crippen molar-refractivity contribution in [3.05, 3.63) is 47.9 Å². The van der Waals surface area contributed by atoms with E-state index < -0.39 is 16.2 Å². The summed E-state index contributed by atoms with van der Waals surface area (Å²) in [5.41, 5.74) is 2.56. The number of aromatic carboxylic acids is 1. The first-order valence-electron chi connectivity index (χ1n) is 9.08. The number of carboxylic acid groups (broad SMARTS) is 1. The lowest BCUT2D eigenvalue weighted by molar-refractivity contribution is 0.0696. The van der Waals surface area contributed by atoms with E-state index in [1.54, 1.807) is 32.6 Å². The quantitative estimate of drug-likeness (QED) is 0.789. The van der Waals surface area contributed by atoms with Gasteiger partial charge >= 0.3 is 5.97 Å². The van der Waals surface area contributed by atoms with Crippen LogP contribution < -0.4 is 0 Å². The van der Waals surface area contributed by atoms with Crippen molar-refractivity contribution >= 4 is 16.2 Å². The number of hydrogen-bond acceptors (Lipinski definition) is 5. The van der Waals surface area contributed by atoms with Gasteiger partial charge in [0.25, 0.3) is 10.2 Å². The Balaban J connectivity index is 1.68. The van der Waals surface area contributed by atoms with Gasteiger partial charge in [-0.2, -0.15) is 17.0 Å². The first kappa shape index (κ1) is 20.4. The zero-order valence-corrected chi connectivity index (χ0v) is 16.8. The molecule has 28 heavy (non-hydrogen) atoms. The fraction of sp³-hybridized carbons (Fsp3) is 0.421. The first-order valence-corrected chi connectivity index (χ1v) is 10.5. The molecule has 0 aliphatic carbocycles. The van der Waals surface area contributed by atoms with Crippen LogP contribution in [0.5, 0.6) is 0 Å². The molecule has 0 unspecified atom stereocenters. The Labute approximate surface area is 165 Å². The van der Waals surface area contributed by atoms with Gasteiger partial charge in [0.1, 0.15) is 0 Å². The van der Waals surface area contributed by atoms with Crippen LogP contribution in [-0.4, -0.2) is 65.3 Å². The van der Waals surface area contributed by atoms with E-state index in [4.69, 9.17) is 5.11 Å². The van der Waals surface area contributed by atoms with Crippen LogP contribution in [-0.2, 0) is 16.6 Å². The van der Waals surface area contributed by atoms with Crippen molar-refractivity contribution in [3.63, 3.8) is 0 Å². The van der Waals surface area contributed by atoms with Crippen molar-refractivity contribution < 1.29 is 18.3 Å². The highest BCUT2D eigenvalue weighted by atomic mass is 32.2. The number of nitrogens with zero attached hydrogens (tertiary/aromatic N) is 4. The molecule has 1 aliphatic heterocycles. The van der Waals surface area contributed by atoms with Crippen LogP contribution >= 0.6 is 0 Å². The fourth-order valence-corrected chi connectivity index (χ4v) is 4.50. The standard InChI is InChI=1S/C19H24N4O4S/c1-22(2)28(26,27)23-7-4-14(5-8-23)9-15-3-6-21-18(10-15)16-11-17(19(24)25)13-20-12-16/h3,6,10-14H,4-5,7-9H2,1-2H3,(H,24,25). The molecule has 2 aromatic heterocycles. The molecule has 0 atom stereocenters. The van der Waals surface area contributed by atoms with Crippen molar-refractivity contribution in [1.82, 2.24) is 18.6 Å². The maximum absolute atomic E-state index is 12.2. The van der Waals surface area contributed by atoms with Crippen molar-refractivity contribution in [1.29, 1.82) is 0 Å². The molecule has 1 fully saturated rings. The number of aromatic nitrogens is 2. The zero-order chi connectivity index (χ0) is 20.3. The molecular formula is C19H24N4O4S. The van der Waals surface area contributed by atoms with Crippen molar-refractivity contribution in [2.24, 2.45) is 5.92 Å². The number of carboxylic acids is 1. The van der Waals surface area contributed by atoms with Crippen LogP contribution in [0.2, 0.25) is 0 Å². The SMILES string of the molecule is CN(C)S(=O)(=O)N1CCC(Cc2ccnc(-c3cncc(C(=O)O)c3)c2)CC1. The molecular weight excluding hydrogens is 380 g/mol. The predicted octanol–water partition coefficient (Wildman–Crippen LogP) is 1.90. The highest BCUT2D eigenvalue weighted by molar-refractivity contribution is 7.86. The van der Waals surface area contributed by atoms with Gasteiger partial charge in [0.2, 0.25) is 0 Å². The van der Waals surface area contributed by atoms with Crippen LogP contribution in [0.3, 0.4) is 0 Å².